The summed E-state index contributed by atoms with van der Waals surface area (Å²) in [5.74, 6) is -2.76. The topological polar surface area (TPSA) is 96.2 Å². The van der Waals surface area contributed by atoms with Gasteiger partial charge in [-0.05, 0) is 24.1 Å². The number of aliphatic hydroxyl groups excluding tert-OH is 1. The van der Waals surface area contributed by atoms with E-state index < -0.39 is 31.1 Å². The molecule has 12 heteroatoms. The molecule has 3 aliphatic rings. The fourth-order valence-corrected chi connectivity index (χ4v) is 5.10. The number of halogens is 3. The molecule has 2 fully saturated rings. The van der Waals surface area contributed by atoms with E-state index in [0.29, 0.717) is 30.4 Å². The highest BCUT2D eigenvalue weighted by Crippen LogP contribution is 2.33. The van der Waals surface area contributed by atoms with Gasteiger partial charge in [-0.25, -0.2) is 22.7 Å². The molecule has 5 heterocycles. The highest BCUT2D eigenvalue weighted by molar-refractivity contribution is 5.90. The Morgan fingerprint density at radius 3 is 2.68 bits per heavy atom. The summed E-state index contributed by atoms with van der Waals surface area (Å²) in [5.41, 5.74) is 4.24. The van der Waals surface area contributed by atoms with Crippen molar-refractivity contribution in [1.29, 1.82) is 0 Å². The summed E-state index contributed by atoms with van der Waals surface area (Å²) in [6.07, 6.45) is 6.30. The number of piperidine rings is 1. The first-order valence-electron chi connectivity index (χ1n) is 12.0. The smallest absolute Gasteiger partial charge is 0.273 e. The average Bonchev–Trinajstić information content (AvgIpc) is 3.52. The van der Waals surface area contributed by atoms with Crippen LogP contribution in [0, 0.1) is 11.7 Å². The van der Waals surface area contributed by atoms with Crippen LogP contribution in [0.1, 0.15) is 6.42 Å². The monoisotopic (exact) mass is 511 g/mol. The molecule has 6 rings (SSSR count). The van der Waals surface area contributed by atoms with E-state index in [2.05, 4.69) is 25.5 Å². The number of fused-ring (bicyclic) bond motifs is 1. The van der Waals surface area contributed by atoms with Crippen molar-refractivity contribution in [3.8, 4) is 11.1 Å². The molecule has 9 nitrogen and oxygen atoms in total. The van der Waals surface area contributed by atoms with E-state index in [4.69, 9.17) is 0 Å². The third-order valence-electron chi connectivity index (χ3n) is 7.15. The summed E-state index contributed by atoms with van der Waals surface area (Å²) in [6.45, 7) is 0.218. The van der Waals surface area contributed by atoms with Gasteiger partial charge in [0.25, 0.3) is 5.92 Å². The maximum absolute atomic E-state index is 14.6. The largest absolute Gasteiger partial charge is 0.369 e. The predicted octanol–water partition coefficient (Wildman–Crippen LogP) is 2.83. The minimum Gasteiger partial charge on any atom is -0.369 e. The van der Waals surface area contributed by atoms with E-state index in [1.807, 2.05) is 46.9 Å². The first kappa shape index (κ1) is 23.6. The Morgan fingerprint density at radius 2 is 1.97 bits per heavy atom. The lowest BCUT2D eigenvalue weighted by molar-refractivity contribution is -0.459. The van der Waals surface area contributed by atoms with E-state index in [-0.39, 0.29) is 11.7 Å². The average molecular weight is 512 g/mol. The van der Waals surface area contributed by atoms with Gasteiger partial charge in [0.05, 0.1) is 31.4 Å². The Bertz CT molecular complexity index is 1370. The number of alkyl halides is 2. The van der Waals surface area contributed by atoms with Gasteiger partial charge in [0.1, 0.15) is 13.6 Å². The molecular weight excluding hydrogens is 485 g/mol. The highest BCUT2D eigenvalue weighted by Gasteiger charge is 2.50. The number of likely N-dealkylation sites (tertiary alicyclic amines) is 1. The number of benzene rings is 1. The molecule has 0 spiro atoms. The number of hydrogen-bond acceptors (Lipinski definition) is 7. The van der Waals surface area contributed by atoms with E-state index in [1.165, 1.54) is 4.90 Å². The Morgan fingerprint density at radius 1 is 1.19 bits per heavy atom. The number of likely N-dealkylation sites (N-methyl/N-ethyl adjacent to an activating group) is 1. The number of anilines is 3. The fourth-order valence-electron chi connectivity index (χ4n) is 5.10. The van der Waals surface area contributed by atoms with Crippen molar-refractivity contribution < 1.29 is 22.9 Å². The Kier molecular flexibility index (Phi) is 5.72. The molecule has 2 aromatic heterocycles. The van der Waals surface area contributed by atoms with E-state index in [1.54, 1.807) is 12.4 Å². The van der Waals surface area contributed by atoms with Gasteiger partial charge in [-0.1, -0.05) is 12.1 Å². The first-order chi connectivity index (χ1) is 17.8. The fraction of sp³-hybridized carbons (Fsp3) is 0.360. The van der Waals surface area contributed by atoms with Crippen molar-refractivity contribution in [1.82, 2.24) is 25.1 Å². The van der Waals surface area contributed by atoms with Crippen molar-refractivity contribution in [2.75, 3.05) is 43.4 Å². The molecule has 192 valence electrons. The van der Waals surface area contributed by atoms with Crippen LogP contribution in [0.5, 0.6) is 0 Å². The first-order valence-corrected chi connectivity index (χ1v) is 12.0. The molecule has 0 radical (unpaired) electrons. The molecule has 3 N–H and O–H groups in total. The maximum Gasteiger partial charge on any atom is 0.273 e. The van der Waals surface area contributed by atoms with Gasteiger partial charge in [0, 0.05) is 30.1 Å². The second kappa shape index (κ2) is 8.96. The number of rotatable bonds is 6. The number of allylic oxidation sites excluding steroid dienone is 1. The van der Waals surface area contributed by atoms with Crippen LogP contribution in [0.25, 0.3) is 11.1 Å². The summed E-state index contributed by atoms with van der Waals surface area (Å²) in [6, 6.07) is 7.49. The van der Waals surface area contributed by atoms with Crippen molar-refractivity contribution in [3.63, 3.8) is 0 Å². The predicted molar refractivity (Wildman–Crippen MR) is 131 cm³/mol. The molecule has 0 bridgehead atoms. The second-order valence-corrected chi connectivity index (χ2v) is 9.65. The Labute approximate surface area is 211 Å². The number of hydrogen-bond donors (Lipinski definition) is 3. The summed E-state index contributed by atoms with van der Waals surface area (Å²) in [4.78, 5) is 12.0. The zero-order valence-corrected chi connectivity index (χ0v) is 20.1. The minimum atomic E-state index is -2.75. The van der Waals surface area contributed by atoms with Crippen LogP contribution in [0.2, 0.25) is 0 Å². The lowest BCUT2D eigenvalue weighted by Gasteiger charge is -2.40. The molecule has 2 unspecified atom stereocenters. The third kappa shape index (κ3) is 4.46. The van der Waals surface area contributed by atoms with Gasteiger partial charge in [-0.2, -0.15) is 10.1 Å². The maximum atomic E-state index is 14.6. The van der Waals surface area contributed by atoms with Crippen molar-refractivity contribution >= 4 is 23.2 Å². The van der Waals surface area contributed by atoms with Crippen LogP contribution in [-0.4, -0.2) is 85.8 Å². The molecular formula is C25H26F3N8O+. The van der Waals surface area contributed by atoms with Crippen LogP contribution < -0.4 is 10.2 Å². The number of aromatic nitrogens is 4. The van der Waals surface area contributed by atoms with Gasteiger partial charge in [0.2, 0.25) is 11.6 Å². The van der Waals surface area contributed by atoms with Crippen LogP contribution >= 0.6 is 0 Å². The minimum absolute atomic E-state index is 0.0703. The zero-order valence-electron chi connectivity index (χ0n) is 20.1. The van der Waals surface area contributed by atoms with Crippen LogP contribution in [-0.2, 0) is 0 Å². The van der Waals surface area contributed by atoms with Crippen LogP contribution in [0.4, 0.5) is 30.6 Å². The molecule has 3 aliphatic heterocycles. The summed E-state index contributed by atoms with van der Waals surface area (Å²) < 4.78 is 43.1. The quantitative estimate of drug-likeness (QED) is 0.438. The van der Waals surface area contributed by atoms with E-state index in [0.717, 1.165) is 29.5 Å². The highest BCUT2D eigenvalue weighted by atomic mass is 19.3. The third-order valence-corrected chi connectivity index (χ3v) is 7.15. The summed E-state index contributed by atoms with van der Waals surface area (Å²) in [7, 11) is 1.83. The SMILES string of the molecule is C[N+]1=C2CN(c3ncc(F)c(Nc4ccc(-c5cn[nH]c5)cc4)n3)CCC2C=C1C(O)N1CC(F)(F)C1. The van der Waals surface area contributed by atoms with Crippen LogP contribution in [0.3, 0.4) is 0 Å². The number of nitrogens with zero attached hydrogens (tertiary/aromatic N) is 6. The molecule has 0 saturated carbocycles. The van der Waals surface area contributed by atoms with Crippen molar-refractivity contribution in [2.45, 2.75) is 18.6 Å². The molecule has 2 atom stereocenters. The van der Waals surface area contributed by atoms with Crippen molar-refractivity contribution in [2.24, 2.45) is 5.92 Å². The molecule has 3 aromatic rings. The second-order valence-electron chi connectivity index (χ2n) is 9.65. The number of aromatic amines is 1. The van der Waals surface area contributed by atoms with E-state index in [9.17, 15) is 18.3 Å². The van der Waals surface area contributed by atoms with Crippen molar-refractivity contribution in [3.05, 3.63) is 60.4 Å². The standard InChI is InChI=1S/C25H26F3N8O/c1-34-20(23(37)36-13-25(27,28)14-36)8-16-6-7-35(12-21(16)34)24-29-11-19(26)22(33-24)32-18-4-2-15(3-5-18)17-9-30-31-10-17/h2-5,8-11,16,23,37H,6-7,12-14H2,1H3,(H,30,31)(H,29,32,33)/q+1. The molecule has 1 aromatic carbocycles. The summed E-state index contributed by atoms with van der Waals surface area (Å²) >= 11 is 0. The number of H-pyrrole nitrogens is 1. The zero-order chi connectivity index (χ0) is 25.7. The summed E-state index contributed by atoms with van der Waals surface area (Å²) in [5, 5.41) is 20.4. The molecule has 2 saturated heterocycles. The number of aliphatic hydroxyl groups is 1. The van der Waals surface area contributed by atoms with E-state index >= 15 is 0 Å². The van der Waals surface area contributed by atoms with Gasteiger partial charge < -0.3 is 15.3 Å². The molecule has 0 amide bonds. The normalized spacial score (nSPS) is 21.9. The number of nitrogens with one attached hydrogen (secondary N) is 2. The Balaban J connectivity index is 1.17. The van der Waals surface area contributed by atoms with Crippen LogP contribution in [0.15, 0.2) is 54.6 Å². The molecule has 37 heavy (non-hydrogen) atoms. The van der Waals surface area contributed by atoms with Gasteiger partial charge >= 0.3 is 0 Å². The van der Waals surface area contributed by atoms with Gasteiger partial charge in [-0.3, -0.25) is 10.00 Å². The lowest BCUT2D eigenvalue weighted by atomic mass is 9.95. The van der Waals surface area contributed by atoms with Gasteiger partial charge in [0.15, 0.2) is 23.6 Å². The molecule has 0 aliphatic carbocycles. The Hall–Kier alpha value is -3.77. The van der Waals surface area contributed by atoms with Gasteiger partial charge in [-0.15, -0.1) is 0 Å². The lowest BCUT2D eigenvalue weighted by Crippen LogP contribution is -2.60.